The van der Waals surface area contributed by atoms with Gasteiger partial charge >= 0.3 is 5.97 Å². The molecule has 0 fully saturated rings. The largest absolute Gasteiger partial charge is 0.463 e. The Morgan fingerprint density at radius 2 is 1.54 bits per heavy atom. The molecule has 3 nitrogen and oxygen atoms in total. The van der Waals surface area contributed by atoms with Gasteiger partial charge in [-0.15, -0.1) is 0 Å². The van der Waals surface area contributed by atoms with Crippen molar-refractivity contribution in [1.82, 2.24) is 4.90 Å². The Balaban J connectivity index is 1.83. The van der Waals surface area contributed by atoms with Gasteiger partial charge in [0, 0.05) is 6.04 Å². The third-order valence-electron chi connectivity index (χ3n) is 5.71. The van der Waals surface area contributed by atoms with Crippen molar-refractivity contribution in [3.8, 4) is 0 Å². The molecule has 2 aromatic carbocycles. The Morgan fingerprint density at radius 3 is 2.08 bits per heavy atom. The van der Waals surface area contributed by atoms with E-state index in [0.29, 0.717) is 19.4 Å². The summed E-state index contributed by atoms with van der Waals surface area (Å²) in [7, 11) is 0. The number of likely N-dealkylation sites (N-methyl/N-ethyl adjacent to an activating group) is 1. The molecule has 26 heavy (non-hydrogen) atoms. The third kappa shape index (κ3) is 3.54. The van der Waals surface area contributed by atoms with Gasteiger partial charge in [0.15, 0.2) is 0 Å². The fraction of sp³-hybridized carbons (Fsp3) is 0.435. The average Bonchev–Trinajstić information content (AvgIpc) is 3.08. The van der Waals surface area contributed by atoms with E-state index < -0.39 is 5.41 Å². The number of hydrogen-bond donors (Lipinski definition) is 0. The maximum Gasteiger partial charge on any atom is 0.317 e. The van der Waals surface area contributed by atoms with Gasteiger partial charge < -0.3 is 4.74 Å². The maximum atomic E-state index is 13.3. The van der Waals surface area contributed by atoms with Gasteiger partial charge in [0.2, 0.25) is 0 Å². The van der Waals surface area contributed by atoms with Crippen molar-refractivity contribution in [2.75, 3.05) is 19.7 Å². The Kier molecular flexibility index (Phi) is 5.77. The second kappa shape index (κ2) is 8.05. The summed E-state index contributed by atoms with van der Waals surface area (Å²) in [6.45, 7) is 8.76. The van der Waals surface area contributed by atoms with Gasteiger partial charge in [-0.25, -0.2) is 0 Å². The summed E-state index contributed by atoms with van der Waals surface area (Å²) in [6.07, 6.45) is 1.43. The zero-order chi connectivity index (χ0) is 18.6. The van der Waals surface area contributed by atoms with Gasteiger partial charge in [0.05, 0.1) is 0 Å². The number of esters is 1. The molecule has 0 aliphatic heterocycles. The van der Waals surface area contributed by atoms with Crippen molar-refractivity contribution in [1.29, 1.82) is 0 Å². The van der Waals surface area contributed by atoms with Crippen LogP contribution in [0.5, 0.6) is 0 Å². The molecule has 2 aromatic rings. The number of ether oxygens (including phenoxy) is 1. The van der Waals surface area contributed by atoms with E-state index in [2.05, 4.69) is 49.9 Å². The molecule has 0 N–H and O–H groups in total. The first-order chi connectivity index (χ1) is 12.6. The van der Waals surface area contributed by atoms with Crippen LogP contribution in [0.1, 0.15) is 37.5 Å². The van der Waals surface area contributed by atoms with Gasteiger partial charge in [-0.3, -0.25) is 9.69 Å². The first-order valence-electron chi connectivity index (χ1n) is 9.64. The second-order valence-corrected chi connectivity index (χ2v) is 7.24. The lowest BCUT2D eigenvalue weighted by molar-refractivity contribution is -0.152. The van der Waals surface area contributed by atoms with Crippen LogP contribution in [0.4, 0.5) is 0 Å². The molecule has 3 rings (SSSR count). The molecule has 1 aliphatic rings. The van der Waals surface area contributed by atoms with Crippen LogP contribution in [0.2, 0.25) is 0 Å². The number of carbonyl (C=O) groups is 1. The van der Waals surface area contributed by atoms with Gasteiger partial charge in [0.1, 0.15) is 12.0 Å². The summed E-state index contributed by atoms with van der Waals surface area (Å²) in [6, 6.07) is 18.7. The Hall–Kier alpha value is -2.13. The van der Waals surface area contributed by atoms with Gasteiger partial charge in [0.25, 0.3) is 0 Å². The van der Waals surface area contributed by atoms with E-state index in [1.54, 1.807) is 0 Å². The summed E-state index contributed by atoms with van der Waals surface area (Å²) in [5, 5.41) is 0. The van der Waals surface area contributed by atoms with E-state index in [1.807, 2.05) is 30.3 Å². The number of benzene rings is 2. The van der Waals surface area contributed by atoms with E-state index >= 15 is 0 Å². The van der Waals surface area contributed by atoms with E-state index in [4.69, 9.17) is 4.74 Å². The third-order valence-corrected chi connectivity index (χ3v) is 5.71. The smallest absolute Gasteiger partial charge is 0.317 e. The Bertz CT molecular complexity index is 712. The van der Waals surface area contributed by atoms with Crippen LogP contribution in [-0.2, 0) is 27.8 Å². The van der Waals surface area contributed by atoms with E-state index in [-0.39, 0.29) is 12.0 Å². The van der Waals surface area contributed by atoms with Crippen molar-refractivity contribution < 1.29 is 9.53 Å². The zero-order valence-corrected chi connectivity index (χ0v) is 16.1. The molecule has 3 heteroatoms. The molecule has 0 saturated carbocycles. The minimum absolute atomic E-state index is 0.0982. The number of fused-ring (bicyclic) bond motifs is 1. The summed E-state index contributed by atoms with van der Waals surface area (Å²) in [5.74, 6) is -0.0982. The molecule has 1 atom stereocenters. The summed E-state index contributed by atoms with van der Waals surface area (Å²) >= 11 is 0. The van der Waals surface area contributed by atoms with E-state index in [1.165, 1.54) is 11.1 Å². The molecule has 0 heterocycles. The Labute approximate surface area is 157 Å². The summed E-state index contributed by atoms with van der Waals surface area (Å²) < 4.78 is 5.88. The first-order valence-corrected chi connectivity index (χ1v) is 9.64. The van der Waals surface area contributed by atoms with Crippen molar-refractivity contribution in [2.45, 2.75) is 45.1 Å². The number of hydrogen-bond acceptors (Lipinski definition) is 3. The fourth-order valence-corrected chi connectivity index (χ4v) is 4.13. The highest BCUT2D eigenvalue weighted by atomic mass is 16.5. The maximum absolute atomic E-state index is 13.3. The van der Waals surface area contributed by atoms with Gasteiger partial charge in [-0.05, 0) is 49.5 Å². The molecular weight excluding hydrogens is 322 g/mol. The summed E-state index contributed by atoms with van der Waals surface area (Å²) in [4.78, 5) is 15.6. The van der Waals surface area contributed by atoms with Crippen molar-refractivity contribution in [2.24, 2.45) is 0 Å². The zero-order valence-electron chi connectivity index (χ0n) is 16.1. The normalized spacial score (nSPS) is 16.3. The molecular formula is C23H29NO2. The molecule has 138 valence electrons. The lowest BCUT2D eigenvalue weighted by Crippen LogP contribution is -2.42. The van der Waals surface area contributed by atoms with Crippen LogP contribution in [-0.4, -0.2) is 36.6 Å². The molecule has 1 aliphatic carbocycles. The predicted molar refractivity (Wildman–Crippen MR) is 105 cm³/mol. The fourth-order valence-electron chi connectivity index (χ4n) is 4.13. The van der Waals surface area contributed by atoms with Crippen LogP contribution in [0.3, 0.4) is 0 Å². The highest BCUT2D eigenvalue weighted by Crippen LogP contribution is 2.40. The highest BCUT2D eigenvalue weighted by molar-refractivity contribution is 5.85. The average molecular weight is 351 g/mol. The minimum Gasteiger partial charge on any atom is -0.463 e. The molecule has 0 radical (unpaired) electrons. The highest BCUT2D eigenvalue weighted by Gasteiger charge is 2.46. The molecule has 0 amide bonds. The van der Waals surface area contributed by atoms with Gasteiger partial charge in [-0.2, -0.15) is 0 Å². The van der Waals surface area contributed by atoms with E-state index in [0.717, 1.165) is 18.7 Å². The van der Waals surface area contributed by atoms with Crippen molar-refractivity contribution in [3.05, 3.63) is 71.3 Å². The van der Waals surface area contributed by atoms with Crippen molar-refractivity contribution >= 4 is 5.97 Å². The molecule has 0 bridgehead atoms. The quantitative estimate of drug-likeness (QED) is 0.706. The minimum atomic E-state index is -0.603. The first kappa shape index (κ1) is 18.7. The topological polar surface area (TPSA) is 29.5 Å². The molecule has 0 aromatic heterocycles. The molecule has 0 spiro atoms. The second-order valence-electron chi connectivity index (χ2n) is 7.24. The van der Waals surface area contributed by atoms with Gasteiger partial charge in [-0.1, -0.05) is 68.4 Å². The van der Waals surface area contributed by atoms with Crippen LogP contribution in [0.25, 0.3) is 0 Å². The van der Waals surface area contributed by atoms with Crippen LogP contribution in [0.15, 0.2) is 54.6 Å². The van der Waals surface area contributed by atoms with E-state index in [9.17, 15) is 4.79 Å². The van der Waals surface area contributed by atoms with Crippen molar-refractivity contribution in [3.63, 3.8) is 0 Å². The number of nitrogens with zero attached hydrogens (tertiary/aromatic N) is 1. The lowest BCUT2D eigenvalue weighted by Gasteiger charge is -2.30. The predicted octanol–water partition coefficient (Wildman–Crippen LogP) is 4.00. The van der Waals surface area contributed by atoms with Crippen LogP contribution < -0.4 is 0 Å². The number of carbonyl (C=O) groups excluding carboxylic acids is 1. The monoisotopic (exact) mass is 351 g/mol. The molecule has 0 saturated heterocycles. The van der Waals surface area contributed by atoms with Crippen LogP contribution >= 0.6 is 0 Å². The lowest BCUT2D eigenvalue weighted by atomic mass is 9.77. The standard InChI is InChI=1S/C23H29NO2/c1-4-24(5-2)18(3)17-26-22(25)23(21-13-7-6-8-14-21)15-19-11-9-10-12-20(19)16-23/h6-14,18H,4-5,15-17H2,1-3H3. The molecule has 1 unspecified atom stereocenters. The number of rotatable bonds is 7. The van der Waals surface area contributed by atoms with Crippen LogP contribution in [0, 0.1) is 0 Å². The summed E-state index contributed by atoms with van der Waals surface area (Å²) in [5.41, 5.74) is 2.96. The SMILES string of the molecule is CCN(CC)C(C)COC(=O)C1(c2ccccc2)Cc2ccccc2C1. The Morgan fingerprint density at radius 1 is 1.00 bits per heavy atom.